The van der Waals surface area contributed by atoms with Crippen molar-refractivity contribution < 1.29 is 4.79 Å². The van der Waals surface area contributed by atoms with E-state index in [-0.39, 0.29) is 5.91 Å². The van der Waals surface area contributed by atoms with Crippen LogP contribution in [0.1, 0.15) is 16.1 Å². The first-order valence-corrected chi connectivity index (χ1v) is 7.96. The molecule has 0 unspecified atom stereocenters. The number of hydrogen-bond acceptors (Lipinski definition) is 2. The molecule has 4 rings (SSSR count). The number of halogens is 1. The number of aromatic nitrogens is 2. The molecule has 0 spiro atoms. The zero-order chi connectivity index (χ0) is 15.3. The van der Waals surface area contributed by atoms with Gasteiger partial charge in [0.15, 0.2) is 0 Å². The second-order valence-electron chi connectivity index (χ2n) is 5.47. The van der Waals surface area contributed by atoms with Crippen LogP contribution in [0.5, 0.6) is 0 Å². The summed E-state index contributed by atoms with van der Waals surface area (Å²) in [5.41, 5.74) is 3.70. The molecule has 4 nitrogen and oxygen atoms in total. The zero-order valence-electron chi connectivity index (χ0n) is 12.1. The Hall–Kier alpha value is -2.14. The van der Waals surface area contributed by atoms with E-state index < -0.39 is 0 Å². The molecule has 1 aromatic heterocycles. The minimum atomic E-state index is 0.0114. The Morgan fingerprint density at radius 1 is 1.23 bits per heavy atom. The molecule has 0 saturated heterocycles. The van der Waals surface area contributed by atoms with Gasteiger partial charge in [-0.3, -0.25) is 9.48 Å². The maximum Gasteiger partial charge on any atom is 0.277 e. The number of nitrogens with zero attached hydrogens (tertiary/aromatic N) is 3. The molecule has 0 N–H and O–H groups in total. The molecule has 1 aliphatic heterocycles. The van der Waals surface area contributed by atoms with Crippen molar-refractivity contribution in [3.63, 3.8) is 0 Å². The maximum absolute atomic E-state index is 13.0. The molecule has 0 radical (unpaired) electrons. The first-order valence-electron chi connectivity index (χ1n) is 7.17. The van der Waals surface area contributed by atoms with Crippen molar-refractivity contribution >= 4 is 38.4 Å². The summed E-state index contributed by atoms with van der Waals surface area (Å²) < 4.78 is 2.64. The first kappa shape index (κ1) is 13.5. The molecule has 5 heteroatoms. The molecular weight excluding hydrogens is 342 g/mol. The van der Waals surface area contributed by atoms with E-state index >= 15 is 0 Å². The highest BCUT2D eigenvalue weighted by atomic mass is 79.9. The zero-order valence-corrected chi connectivity index (χ0v) is 13.7. The molecular formula is C17H14BrN3O. The van der Waals surface area contributed by atoms with Crippen molar-refractivity contribution in [2.45, 2.75) is 6.42 Å². The number of carbonyl (C=O) groups is 1. The Bertz CT molecular complexity index is 900. The van der Waals surface area contributed by atoms with Crippen LogP contribution < -0.4 is 4.90 Å². The van der Waals surface area contributed by atoms with Crippen molar-refractivity contribution in [3.05, 3.63) is 58.2 Å². The van der Waals surface area contributed by atoms with Gasteiger partial charge in [-0.1, -0.05) is 34.1 Å². The molecule has 110 valence electrons. The third-order valence-corrected chi connectivity index (χ3v) is 4.62. The lowest BCUT2D eigenvalue weighted by Crippen LogP contribution is -2.30. The molecule has 0 saturated carbocycles. The number of carbonyl (C=O) groups excluding carboxylic acids is 1. The lowest BCUT2D eigenvalue weighted by Gasteiger charge is -2.17. The van der Waals surface area contributed by atoms with Gasteiger partial charge < -0.3 is 4.90 Å². The van der Waals surface area contributed by atoms with Crippen LogP contribution in [-0.4, -0.2) is 22.2 Å². The predicted octanol–water partition coefficient (Wildman–Crippen LogP) is 3.54. The number of amides is 1. The van der Waals surface area contributed by atoms with Crippen LogP contribution in [0.2, 0.25) is 0 Å². The van der Waals surface area contributed by atoms with E-state index in [1.165, 1.54) is 5.56 Å². The van der Waals surface area contributed by atoms with Crippen molar-refractivity contribution in [3.8, 4) is 0 Å². The number of benzene rings is 2. The normalized spacial score (nSPS) is 13.6. The predicted molar refractivity (Wildman–Crippen MR) is 90.2 cm³/mol. The van der Waals surface area contributed by atoms with E-state index in [4.69, 9.17) is 0 Å². The van der Waals surface area contributed by atoms with Gasteiger partial charge in [0.05, 0.1) is 5.52 Å². The van der Waals surface area contributed by atoms with Gasteiger partial charge in [0.25, 0.3) is 5.91 Å². The van der Waals surface area contributed by atoms with E-state index in [1.54, 1.807) is 4.68 Å². The van der Waals surface area contributed by atoms with E-state index in [0.29, 0.717) is 5.69 Å². The van der Waals surface area contributed by atoms with Gasteiger partial charge >= 0.3 is 0 Å². The lowest BCUT2D eigenvalue weighted by atomic mass is 10.1. The van der Waals surface area contributed by atoms with Crippen LogP contribution in [0.3, 0.4) is 0 Å². The number of rotatable bonds is 1. The second-order valence-corrected chi connectivity index (χ2v) is 6.38. The maximum atomic E-state index is 13.0. The SMILES string of the molecule is Cn1nc2cc(Br)ccc2c1C(=O)N1CCc2ccccc21. The molecule has 0 atom stereocenters. The molecule has 22 heavy (non-hydrogen) atoms. The van der Waals surface area contributed by atoms with Gasteiger partial charge in [-0.2, -0.15) is 5.10 Å². The Kier molecular flexibility index (Phi) is 3.04. The Labute approximate surface area is 136 Å². The van der Waals surface area contributed by atoms with Crippen molar-refractivity contribution in [2.75, 3.05) is 11.4 Å². The fourth-order valence-electron chi connectivity index (χ4n) is 3.10. The number of aryl methyl sites for hydroxylation is 1. The summed E-state index contributed by atoms with van der Waals surface area (Å²) in [5, 5.41) is 5.35. The van der Waals surface area contributed by atoms with Crippen LogP contribution in [0.25, 0.3) is 10.9 Å². The minimum Gasteiger partial charge on any atom is -0.306 e. The quantitative estimate of drug-likeness (QED) is 0.669. The highest BCUT2D eigenvalue weighted by molar-refractivity contribution is 9.10. The molecule has 1 aliphatic rings. The smallest absolute Gasteiger partial charge is 0.277 e. The fourth-order valence-corrected chi connectivity index (χ4v) is 3.45. The molecule has 1 amide bonds. The van der Waals surface area contributed by atoms with Crippen molar-refractivity contribution in [2.24, 2.45) is 7.05 Å². The average molecular weight is 356 g/mol. The van der Waals surface area contributed by atoms with Gasteiger partial charge in [0, 0.05) is 29.1 Å². The van der Waals surface area contributed by atoms with Crippen LogP contribution in [0.15, 0.2) is 46.9 Å². The minimum absolute atomic E-state index is 0.0114. The van der Waals surface area contributed by atoms with E-state index in [2.05, 4.69) is 27.1 Å². The summed E-state index contributed by atoms with van der Waals surface area (Å²) in [6, 6.07) is 13.9. The molecule has 3 aromatic rings. The monoisotopic (exact) mass is 355 g/mol. The summed E-state index contributed by atoms with van der Waals surface area (Å²) >= 11 is 3.45. The van der Waals surface area contributed by atoms with Crippen LogP contribution in [0, 0.1) is 0 Å². The molecule has 0 bridgehead atoms. The summed E-state index contributed by atoms with van der Waals surface area (Å²) in [6.07, 6.45) is 0.906. The van der Waals surface area contributed by atoms with Gasteiger partial charge in [0.1, 0.15) is 5.69 Å². The van der Waals surface area contributed by atoms with Crippen LogP contribution in [0.4, 0.5) is 5.69 Å². The topological polar surface area (TPSA) is 38.1 Å². The van der Waals surface area contributed by atoms with Gasteiger partial charge in [-0.25, -0.2) is 0 Å². The van der Waals surface area contributed by atoms with Gasteiger partial charge in [-0.05, 0) is 36.2 Å². The van der Waals surface area contributed by atoms with Crippen molar-refractivity contribution in [1.82, 2.24) is 9.78 Å². The average Bonchev–Trinajstić information content (AvgIpc) is 3.06. The third-order valence-electron chi connectivity index (χ3n) is 4.13. The van der Waals surface area contributed by atoms with Crippen LogP contribution >= 0.6 is 15.9 Å². The molecule has 2 aromatic carbocycles. The standard InChI is InChI=1S/C17H14BrN3O/c1-20-16(13-7-6-12(18)10-14(13)19-20)17(22)21-9-8-11-4-2-3-5-15(11)21/h2-7,10H,8-9H2,1H3. The highest BCUT2D eigenvalue weighted by Crippen LogP contribution is 2.30. The second kappa shape index (κ2) is 4.95. The Morgan fingerprint density at radius 3 is 2.91 bits per heavy atom. The van der Waals surface area contributed by atoms with Gasteiger partial charge in [0.2, 0.25) is 0 Å². The number of para-hydroxylation sites is 1. The third kappa shape index (κ3) is 1.96. The molecule has 0 fully saturated rings. The van der Waals surface area contributed by atoms with E-state index in [1.807, 2.05) is 48.3 Å². The first-order chi connectivity index (χ1) is 10.6. The number of hydrogen-bond donors (Lipinski definition) is 0. The summed E-state index contributed by atoms with van der Waals surface area (Å²) in [4.78, 5) is 14.9. The van der Waals surface area contributed by atoms with Gasteiger partial charge in [-0.15, -0.1) is 0 Å². The highest BCUT2D eigenvalue weighted by Gasteiger charge is 2.28. The largest absolute Gasteiger partial charge is 0.306 e. The Balaban J connectivity index is 1.83. The lowest BCUT2D eigenvalue weighted by molar-refractivity contribution is 0.0982. The molecule has 0 aliphatic carbocycles. The van der Waals surface area contributed by atoms with Crippen molar-refractivity contribution in [1.29, 1.82) is 0 Å². The Morgan fingerprint density at radius 2 is 2.05 bits per heavy atom. The summed E-state index contributed by atoms with van der Waals surface area (Å²) in [5.74, 6) is 0.0114. The van der Waals surface area contributed by atoms with E-state index in [9.17, 15) is 4.79 Å². The van der Waals surface area contributed by atoms with Crippen LogP contribution in [-0.2, 0) is 13.5 Å². The van der Waals surface area contributed by atoms with E-state index in [0.717, 1.165) is 34.0 Å². The molecule has 2 heterocycles. The summed E-state index contributed by atoms with van der Waals surface area (Å²) in [7, 11) is 1.82. The number of fused-ring (bicyclic) bond motifs is 2. The fraction of sp³-hybridized carbons (Fsp3) is 0.176. The summed E-state index contributed by atoms with van der Waals surface area (Å²) in [6.45, 7) is 0.724. The number of anilines is 1.